The predicted octanol–water partition coefficient (Wildman–Crippen LogP) is 3.81. The first-order valence-electron chi connectivity index (χ1n) is 8.73. The van der Waals surface area contributed by atoms with Gasteiger partial charge in [0.05, 0.1) is 17.8 Å². The number of para-hydroxylation sites is 1. The Morgan fingerprint density at radius 1 is 1.24 bits per heavy atom. The summed E-state index contributed by atoms with van der Waals surface area (Å²) in [7, 11) is 1.53. The van der Waals surface area contributed by atoms with Gasteiger partial charge in [-0.25, -0.2) is 5.43 Å². The number of hydrogen-bond acceptors (Lipinski definition) is 5. The summed E-state index contributed by atoms with van der Waals surface area (Å²) in [5.74, 6) is 0.109. The van der Waals surface area contributed by atoms with Crippen molar-refractivity contribution < 1.29 is 19.1 Å². The van der Waals surface area contributed by atoms with Gasteiger partial charge in [-0.1, -0.05) is 30.9 Å². The van der Waals surface area contributed by atoms with Gasteiger partial charge in [-0.2, -0.15) is 5.10 Å². The summed E-state index contributed by atoms with van der Waals surface area (Å²) in [6.07, 6.45) is 2.74. The molecule has 0 aromatic heterocycles. The second-order valence-corrected chi connectivity index (χ2v) is 6.82. The monoisotopic (exact) mass is 459 g/mol. The molecule has 0 atom stereocenters. The molecule has 0 heterocycles. The minimum atomic E-state index is -0.524. The highest BCUT2D eigenvalue weighted by Gasteiger charge is 2.12. The summed E-state index contributed by atoms with van der Waals surface area (Å²) in [4.78, 5) is 23.9. The predicted molar refractivity (Wildman–Crippen MR) is 117 cm³/mol. The van der Waals surface area contributed by atoms with Crippen molar-refractivity contribution in [2.45, 2.75) is 13.3 Å². The average Bonchev–Trinajstić information content (AvgIpc) is 2.68. The lowest BCUT2D eigenvalue weighted by atomic mass is 10.2. The zero-order valence-corrected chi connectivity index (χ0v) is 17.8. The molecular weight excluding hydrogens is 438 g/mol. The fraction of sp³-hybridized carbons (Fsp3) is 0.190. The van der Waals surface area contributed by atoms with Crippen LogP contribution in [0, 0.1) is 6.92 Å². The van der Waals surface area contributed by atoms with Gasteiger partial charge in [0.15, 0.2) is 11.5 Å². The van der Waals surface area contributed by atoms with Gasteiger partial charge in [-0.05, 0) is 52.2 Å². The van der Waals surface area contributed by atoms with Crippen molar-refractivity contribution in [2.75, 3.05) is 19.0 Å². The third-order valence-corrected chi connectivity index (χ3v) is 4.33. The number of methoxy groups -OCH3 is 1. The molecule has 2 N–H and O–H groups in total. The van der Waals surface area contributed by atoms with Crippen molar-refractivity contribution in [1.82, 2.24) is 5.43 Å². The normalized spacial score (nSPS) is 10.4. The number of halogens is 1. The first kappa shape index (κ1) is 22.2. The second-order valence-electron chi connectivity index (χ2n) is 5.97. The van der Waals surface area contributed by atoms with Crippen LogP contribution in [-0.2, 0) is 9.59 Å². The molecule has 0 fully saturated rings. The largest absolute Gasteiger partial charge is 0.493 e. The minimum absolute atomic E-state index is 0.336. The Balaban J connectivity index is 1.94. The minimum Gasteiger partial charge on any atom is -0.493 e. The molecule has 0 radical (unpaired) electrons. The van der Waals surface area contributed by atoms with Crippen LogP contribution in [0.1, 0.15) is 17.5 Å². The van der Waals surface area contributed by atoms with Crippen molar-refractivity contribution in [3.63, 3.8) is 0 Å². The van der Waals surface area contributed by atoms with Crippen molar-refractivity contribution >= 4 is 39.6 Å². The molecule has 2 amide bonds. The number of carbonyl (C=O) groups excluding carboxylic acids is 2. The maximum atomic E-state index is 12.0. The van der Waals surface area contributed by atoms with Gasteiger partial charge >= 0.3 is 0 Å². The van der Waals surface area contributed by atoms with Gasteiger partial charge < -0.3 is 14.8 Å². The molecule has 2 rings (SSSR count). The number of aryl methyl sites for hydroxylation is 1. The Bertz CT molecular complexity index is 928. The van der Waals surface area contributed by atoms with Gasteiger partial charge in [0.1, 0.15) is 13.0 Å². The van der Waals surface area contributed by atoms with Crippen LogP contribution in [0.5, 0.6) is 11.5 Å². The van der Waals surface area contributed by atoms with E-state index in [1.165, 1.54) is 13.3 Å². The molecule has 0 unspecified atom stereocenters. The van der Waals surface area contributed by atoms with Gasteiger partial charge in [0, 0.05) is 5.69 Å². The lowest BCUT2D eigenvalue weighted by molar-refractivity contribution is -0.126. The standard InChI is InChI=1S/C21H22BrN3O4/c1-4-9-29-21-16(22)10-15(11-18(21)28-3)13-23-25-20(27)12-19(26)24-17-8-6-5-7-14(17)2/h4-8,10-11,13H,1,9,12H2,2-3H3,(H,24,26)(H,25,27). The highest BCUT2D eigenvalue weighted by atomic mass is 79.9. The van der Waals surface area contributed by atoms with Crippen molar-refractivity contribution in [3.05, 3.63) is 64.7 Å². The van der Waals surface area contributed by atoms with E-state index in [0.717, 1.165) is 5.56 Å². The number of benzene rings is 2. The number of nitrogens with zero attached hydrogens (tertiary/aromatic N) is 1. The van der Waals surface area contributed by atoms with Crippen molar-refractivity contribution in [2.24, 2.45) is 5.10 Å². The summed E-state index contributed by atoms with van der Waals surface area (Å²) >= 11 is 3.42. The number of nitrogens with one attached hydrogen (secondary N) is 2. The molecule has 0 saturated heterocycles. The molecule has 0 aliphatic rings. The zero-order chi connectivity index (χ0) is 21.2. The Morgan fingerprint density at radius 3 is 2.69 bits per heavy atom. The van der Waals surface area contributed by atoms with Crippen LogP contribution in [-0.4, -0.2) is 31.7 Å². The van der Waals surface area contributed by atoms with E-state index in [4.69, 9.17) is 9.47 Å². The Kier molecular flexibility index (Phi) is 8.42. The number of hydrogen-bond donors (Lipinski definition) is 2. The van der Waals surface area contributed by atoms with Crippen LogP contribution in [0.3, 0.4) is 0 Å². The van der Waals surface area contributed by atoms with E-state index < -0.39 is 11.8 Å². The average molecular weight is 460 g/mol. The lowest BCUT2D eigenvalue weighted by Gasteiger charge is -2.12. The SMILES string of the molecule is C=CCOc1c(Br)cc(C=NNC(=O)CC(=O)Nc2ccccc2C)cc1OC. The van der Waals surface area contributed by atoms with E-state index >= 15 is 0 Å². The van der Waals surface area contributed by atoms with E-state index in [1.54, 1.807) is 24.3 Å². The van der Waals surface area contributed by atoms with Crippen LogP contribution < -0.4 is 20.2 Å². The molecule has 7 nitrogen and oxygen atoms in total. The highest BCUT2D eigenvalue weighted by Crippen LogP contribution is 2.36. The lowest BCUT2D eigenvalue weighted by Crippen LogP contribution is -2.24. The maximum absolute atomic E-state index is 12.0. The maximum Gasteiger partial charge on any atom is 0.249 e. The fourth-order valence-electron chi connectivity index (χ4n) is 2.37. The van der Waals surface area contributed by atoms with Gasteiger partial charge in [0.25, 0.3) is 0 Å². The van der Waals surface area contributed by atoms with E-state index in [0.29, 0.717) is 33.8 Å². The van der Waals surface area contributed by atoms with Gasteiger partial charge in [-0.15, -0.1) is 0 Å². The molecule has 0 aliphatic carbocycles. The summed E-state index contributed by atoms with van der Waals surface area (Å²) in [6, 6.07) is 10.8. The van der Waals surface area contributed by atoms with Gasteiger partial charge in [-0.3, -0.25) is 9.59 Å². The molecule has 0 saturated carbocycles. The molecule has 8 heteroatoms. The Hall–Kier alpha value is -3.13. The van der Waals surface area contributed by atoms with Crippen LogP contribution in [0.2, 0.25) is 0 Å². The summed E-state index contributed by atoms with van der Waals surface area (Å²) < 4.78 is 11.5. The summed E-state index contributed by atoms with van der Waals surface area (Å²) in [5.41, 5.74) is 4.59. The van der Waals surface area contributed by atoms with Crippen molar-refractivity contribution in [3.8, 4) is 11.5 Å². The van der Waals surface area contributed by atoms with E-state index in [9.17, 15) is 9.59 Å². The zero-order valence-electron chi connectivity index (χ0n) is 16.2. The Labute approximate surface area is 177 Å². The number of amides is 2. The quantitative estimate of drug-likeness (QED) is 0.258. The first-order valence-corrected chi connectivity index (χ1v) is 9.52. The summed E-state index contributed by atoms with van der Waals surface area (Å²) in [6.45, 7) is 5.82. The van der Waals surface area contributed by atoms with E-state index in [-0.39, 0.29) is 6.42 Å². The molecule has 29 heavy (non-hydrogen) atoms. The van der Waals surface area contributed by atoms with Crippen LogP contribution in [0.4, 0.5) is 5.69 Å². The number of ether oxygens (including phenoxy) is 2. The van der Waals surface area contributed by atoms with Crippen LogP contribution >= 0.6 is 15.9 Å². The summed E-state index contributed by atoms with van der Waals surface area (Å²) in [5, 5.41) is 6.59. The number of anilines is 1. The molecule has 152 valence electrons. The van der Waals surface area contributed by atoms with Crippen molar-refractivity contribution in [1.29, 1.82) is 0 Å². The smallest absolute Gasteiger partial charge is 0.249 e. The van der Waals surface area contributed by atoms with Crippen LogP contribution in [0.25, 0.3) is 0 Å². The number of hydrazone groups is 1. The molecule has 0 aliphatic heterocycles. The third-order valence-electron chi connectivity index (χ3n) is 3.74. The third kappa shape index (κ3) is 6.76. The fourth-order valence-corrected chi connectivity index (χ4v) is 2.94. The topological polar surface area (TPSA) is 89.0 Å². The Morgan fingerprint density at radius 2 is 2.00 bits per heavy atom. The molecule has 0 bridgehead atoms. The molecule has 0 spiro atoms. The molecule has 2 aromatic rings. The number of carbonyl (C=O) groups is 2. The molecular formula is C21H22BrN3O4. The number of rotatable bonds is 9. The van der Waals surface area contributed by atoms with Crippen LogP contribution in [0.15, 0.2) is 58.6 Å². The highest BCUT2D eigenvalue weighted by molar-refractivity contribution is 9.10. The first-order chi connectivity index (χ1) is 13.9. The van der Waals surface area contributed by atoms with E-state index in [2.05, 4.69) is 38.4 Å². The van der Waals surface area contributed by atoms with Gasteiger partial charge in [0.2, 0.25) is 11.8 Å². The molecule has 2 aromatic carbocycles. The second kappa shape index (κ2) is 11.0. The van der Waals surface area contributed by atoms with E-state index in [1.807, 2.05) is 25.1 Å².